The molecule has 0 fully saturated rings. The lowest BCUT2D eigenvalue weighted by Gasteiger charge is -2.04. The average molecular weight is 181 g/mol. The summed E-state index contributed by atoms with van der Waals surface area (Å²) in [6, 6.07) is 6.93. The first-order valence-corrected chi connectivity index (χ1v) is 4.68. The van der Waals surface area contributed by atoms with Crippen LogP contribution in [0.5, 0.6) is 0 Å². The smallest absolute Gasteiger partial charge is 0.123 e. The molecule has 1 nitrogen and oxygen atoms in total. The van der Waals surface area contributed by atoms with Crippen LogP contribution in [0.15, 0.2) is 24.3 Å². The maximum Gasteiger partial charge on any atom is 0.123 e. The number of halogens is 1. The van der Waals surface area contributed by atoms with Crippen LogP contribution in [0.1, 0.15) is 25.3 Å². The van der Waals surface area contributed by atoms with Gasteiger partial charge in [0.15, 0.2) is 0 Å². The van der Waals surface area contributed by atoms with E-state index in [-0.39, 0.29) is 11.9 Å². The second-order valence-electron chi connectivity index (χ2n) is 3.50. The summed E-state index contributed by atoms with van der Waals surface area (Å²) >= 11 is 0. The summed E-state index contributed by atoms with van der Waals surface area (Å²) in [6.07, 6.45) is 3.09. The average Bonchev–Trinajstić information content (AvgIpc) is 2.08. The number of hydrogen-bond donors (Lipinski definition) is 1. The summed E-state index contributed by atoms with van der Waals surface area (Å²) in [5, 5.41) is 0. The summed E-state index contributed by atoms with van der Waals surface area (Å²) < 4.78 is 12.5. The van der Waals surface area contributed by atoms with E-state index < -0.39 is 0 Å². The lowest BCUT2D eigenvalue weighted by Crippen LogP contribution is -2.14. The zero-order valence-electron chi connectivity index (χ0n) is 7.96. The molecule has 2 heteroatoms. The highest BCUT2D eigenvalue weighted by Crippen LogP contribution is 2.07. The molecule has 0 bridgehead atoms. The number of rotatable bonds is 4. The molecule has 2 N–H and O–H groups in total. The molecular weight excluding hydrogens is 165 g/mol. The van der Waals surface area contributed by atoms with E-state index in [2.05, 4.69) is 0 Å². The van der Waals surface area contributed by atoms with E-state index in [1.165, 1.54) is 17.7 Å². The molecule has 0 radical (unpaired) electrons. The number of nitrogens with two attached hydrogens (primary N) is 1. The van der Waals surface area contributed by atoms with Gasteiger partial charge in [-0.3, -0.25) is 0 Å². The molecule has 0 saturated heterocycles. The van der Waals surface area contributed by atoms with Gasteiger partial charge in [-0.25, -0.2) is 4.39 Å². The summed E-state index contributed by atoms with van der Waals surface area (Å²) in [4.78, 5) is 0. The van der Waals surface area contributed by atoms with Crippen molar-refractivity contribution in [1.29, 1.82) is 0 Å². The van der Waals surface area contributed by atoms with Gasteiger partial charge < -0.3 is 5.73 Å². The lowest BCUT2D eigenvalue weighted by molar-refractivity contribution is 0.617. The minimum Gasteiger partial charge on any atom is -0.328 e. The van der Waals surface area contributed by atoms with Crippen LogP contribution in [0.25, 0.3) is 0 Å². The Morgan fingerprint density at radius 2 is 1.92 bits per heavy atom. The van der Waals surface area contributed by atoms with E-state index in [0.717, 1.165) is 19.3 Å². The molecule has 0 amide bonds. The highest BCUT2D eigenvalue weighted by molar-refractivity contribution is 5.15. The quantitative estimate of drug-likeness (QED) is 0.758. The predicted octanol–water partition coefficient (Wildman–Crippen LogP) is 2.50. The summed E-state index contributed by atoms with van der Waals surface area (Å²) in [7, 11) is 0. The molecule has 1 aromatic rings. The van der Waals surface area contributed by atoms with Crippen LogP contribution in [-0.4, -0.2) is 6.04 Å². The molecule has 0 aliphatic carbocycles. The van der Waals surface area contributed by atoms with Crippen molar-refractivity contribution in [3.63, 3.8) is 0 Å². The van der Waals surface area contributed by atoms with Crippen molar-refractivity contribution in [3.8, 4) is 0 Å². The van der Waals surface area contributed by atoms with Gasteiger partial charge in [-0.05, 0) is 43.9 Å². The van der Waals surface area contributed by atoms with E-state index in [0.29, 0.717) is 0 Å². The van der Waals surface area contributed by atoms with Crippen LogP contribution in [0, 0.1) is 5.82 Å². The SMILES string of the molecule is CC(N)CCCc1ccc(F)cc1. The second-order valence-corrected chi connectivity index (χ2v) is 3.50. The molecule has 0 spiro atoms. The van der Waals surface area contributed by atoms with Gasteiger partial charge in [0.2, 0.25) is 0 Å². The van der Waals surface area contributed by atoms with Crippen molar-refractivity contribution in [3.05, 3.63) is 35.6 Å². The molecule has 0 saturated carbocycles. The van der Waals surface area contributed by atoms with Gasteiger partial charge in [0.25, 0.3) is 0 Å². The zero-order valence-corrected chi connectivity index (χ0v) is 7.96. The van der Waals surface area contributed by atoms with Crippen LogP contribution in [0.2, 0.25) is 0 Å². The van der Waals surface area contributed by atoms with Crippen molar-refractivity contribution in [2.24, 2.45) is 5.73 Å². The van der Waals surface area contributed by atoms with Crippen molar-refractivity contribution in [2.75, 3.05) is 0 Å². The molecular formula is C11H16FN. The Hall–Kier alpha value is -0.890. The molecule has 0 aromatic heterocycles. The Bertz CT molecular complexity index is 241. The van der Waals surface area contributed by atoms with E-state index >= 15 is 0 Å². The number of aryl methyl sites for hydroxylation is 1. The van der Waals surface area contributed by atoms with Crippen LogP contribution in [0.4, 0.5) is 4.39 Å². The first-order valence-electron chi connectivity index (χ1n) is 4.68. The van der Waals surface area contributed by atoms with Gasteiger partial charge in [0.1, 0.15) is 5.82 Å². The Labute approximate surface area is 78.8 Å². The molecule has 1 unspecified atom stereocenters. The van der Waals surface area contributed by atoms with Gasteiger partial charge >= 0.3 is 0 Å². The maximum atomic E-state index is 12.5. The predicted molar refractivity (Wildman–Crippen MR) is 53.0 cm³/mol. The molecule has 72 valence electrons. The minimum atomic E-state index is -0.170. The number of benzene rings is 1. The van der Waals surface area contributed by atoms with Crippen LogP contribution < -0.4 is 5.73 Å². The third-order valence-corrected chi connectivity index (χ3v) is 2.04. The minimum absolute atomic E-state index is 0.170. The molecule has 0 aliphatic heterocycles. The molecule has 13 heavy (non-hydrogen) atoms. The molecule has 1 atom stereocenters. The largest absolute Gasteiger partial charge is 0.328 e. The number of hydrogen-bond acceptors (Lipinski definition) is 1. The highest BCUT2D eigenvalue weighted by atomic mass is 19.1. The fourth-order valence-corrected chi connectivity index (χ4v) is 1.28. The van der Waals surface area contributed by atoms with Crippen molar-refractivity contribution in [1.82, 2.24) is 0 Å². The molecule has 0 heterocycles. The highest BCUT2D eigenvalue weighted by Gasteiger charge is 1.96. The Kier molecular flexibility index (Phi) is 3.90. The first-order chi connectivity index (χ1) is 6.18. The van der Waals surface area contributed by atoms with Gasteiger partial charge in [-0.1, -0.05) is 12.1 Å². The van der Waals surface area contributed by atoms with Gasteiger partial charge in [-0.15, -0.1) is 0 Å². The second kappa shape index (κ2) is 4.97. The maximum absolute atomic E-state index is 12.5. The first kappa shape index (κ1) is 10.2. The Balaban J connectivity index is 2.33. The van der Waals surface area contributed by atoms with Gasteiger partial charge in [0.05, 0.1) is 0 Å². The van der Waals surface area contributed by atoms with Crippen molar-refractivity contribution >= 4 is 0 Å². The van der Waals surface area contributed by atoms with Crippen LogP contribution in [0.3, 0.4) is 0 Å². The van der Waals surface area contributed by atoms with Gasteiger partial charge in [0, 0.05) is 6.04 Å². The van der Waals surface area contributed by atoms with Crippen LogP contribution >= 0.6 is 0 Å². The third kappa shape index (κ3) is 4.04. The van der Waals surface area contributed by atoms with E-state index in [4.69, 9.17) is 5.73 Å². The Morgan fingerprint density at radius 1 is 1.31 bits per heavy atom. The van der Waals surface area contributed by atoms with Crippen LogP contribution in [-0.2, 0) is 6.42 Å². The summed E-state index contributed by atoms with van der Waals surface area (Å²) in [5.74, 6) is -0.170. The third-order valence-electron chi connectivity index (χ3n) is 2.04. The van der Waals surface area contributed by atoms with Crippen molar-refractivity contribution in [2.45, 2.75) is 32.2 Å². The molecule has 1 rings (SSSR count). The van der Waals surface area contributed by atoms with Gasteiger partial charge in [-0.2, -0.15) is 0 Å². The molecule has 0 aliphatic rings. The normalized spacial score (nSPS) is 12.8. The standard InChI is InChI=1S/C11H16FN/c1-9(13)3-2-4-10-5-7-11(12)8-6-10/h5-9H,2-4,13H2,1H3. The Morgan fingerprint density at radius 3 is 2.46 bits per heavy atom. The topological polar surface area (TPSA) is 26.0 Å². The van der Waals surface area contributed by atoms with Crippen molar-refractivity contribution < 1.29 is 4.39 Å². The van der Waals surface area contributed by atoms with E-state index in [1.54, 1.807) is 0 Å². The summed E-state index contributed by atoms with van der Waals surface area (Å²) in [6.45, 7) is 2.00. The fourth-order valence-electron chi connectivity index (χ4n) is 1.28. The zero-order chi connectivity index (χ0) is 9.68. The summed E-state index contributed by atoms with van der Waals surface area (Å²) in [5.41, 5.74) is 6.80. The monoisotopic (exact) mass is 181 g/mol. The lowest BCUT2D eigenvalue weighted by atomic mass is 10.1. The molecule has 1 aromatic carbocycles. The van der Waals surface area contributed by atoms with E-state index in [9.17, 15) is 4.39 Å². The fraction of sp³-hybridized carbons (Fsp3) is 0.455. The van der Waals surface area contributed by atoms with E-state index in [1.807, 2.05) is 19.1 Å².